The summed E-state index contributed by atoms with van der Waals surface area (Å²) in [6.45, 7) is 10.4. The molecule has 3 amide bonds. The Morgan fingerprint density at radius 1 is 0.514 bits per heavy atom. The SMILES string of the molecule is C=CC(=O)Nc1ccc([S][Bi]([S]c2ccc(NC(=O)C=C)cc2)[S]c2ccc(NC(=O)C=C)cc2)cc1. The van der Waals surface area contributed by atoms with Gasteiger partial charge in [-0.25, -0.2) is 0 Å². The topological polar surface area (TPSA) is 87.3 Å². The van der Waals surface area contributed by atoms with Gasteiger partial charge in [0.1, 0.15) is 0 Å². The maximum absolute atomic E-state index is 11.6. The second-order valence-electron chi connectivity index (χ2n) is 7.15. The fourth-order valence-corrected chi connectivity index (χ4v) is 32.2. The van der Waals surface area contributed by atoms with Crippen molar-refractivity contribution in [3.8, 4) is 0 Å². The Labute approximate surface area is 231 Å². The third-order valence-corrected chi connectivity index (χ3v) is 30.7. The third kappa shape index (κ3) is 9.89. The molecular formula is C27H24BiN3O3S3. The molecule has 3 rings (SSSR count). The van der Waals surface area contributed by atoms with Crippen molar-refractivity contribution < 1.29 is 14.4 Å². The first-order valence-electron chi connectivity index (χ1n) is 10.8. The molecule has 0 unspecified atom stereocenters. The molecule has 3 aromatic carbocycles. The van der Waals surface area contributed by atoms with E-state index in [1.807, 2.05) is 98.4 Å². The van der Waals surface area contributed by atoms with Gasteiger partial charge in [-0.1, -0.05) is 0 Å². The summed E-state index contributed by atoms with van der Waals surface area (Å²) in [5.74, 6) is -0.740. The van der Waals surface area contributed by atoms with Crippen LogP contribution in [-0.2, 0) is 14.4 Å². The Bertz CT molecular complexity index is 1120. The Morgan fingerprint density at radius 2 is 0.757 bits per heavy atom. The normalized spacial score (nSPS) is 10.3. The number of nitrogens with one attached hydrogen (secondary N) is 3. The summed E-state index contributed by atoms with van der Waals surface area (Å²) in [6, 6.07) is 23.4. The average molecular weight is 744 g/mol. The third-order valence-electron chi connectivity index (χ3n) is 4.46. The first-order chi connectivity index (χ1) is 17.9. The molecular weight excluding hydrogens is 719 g/mol. The number of carbonyl (C=O) groups excluding carboxylic acids is 3. The molecule has 0 saturated heterocycles. The van der Waals surface area contributed by atoms with E-state index in [1.54, 1.807) is 0 Å². The van der Waals surface area contributed by atoms with Crippen LogP contribution in [0.2, 0.25) is 0 Å². The van der Waals surface area contributed by atoms with Crippen LogP contribution in [0.15, 0.2) is 125 Å². The van der Waals surface area contributed by atoms with Crippen molar-refractivity contribution in [3.05, 3.63) is 111 Å². The molecule has 10 heteroatoms. The van der Waals surface area contributed by atoms with Gasteiger partial charge in [-0.2, -0.15) is 0 Å². The van der Waals surface area contributed by atoms with Crippen LogP contribution in [-0.4, -0.2) is 35.1 Å². The predicted molar refractivity (Wildman–Crippen MR) is 159 cm³/mol. The molecule has 188 valence electrons. The minimum absolute atomic E-state index is 0.247. The molecule has 0 aliphatic heterocycles. The Hall–Kier alpha value is -2.78. The number of carbonyl (C=O) groups is 3. The quantitative estimate of drug-likeness (QED) is 0.141. The number of anilines is 3. The van der Waals surface area contributed by atoms with Crippen LogP contribution in [0.25, 0.3) is 0 Å². The Balaban J connectivity index is 1.75. The van der Waals surface area contributed by atoms with E-state index in [1.165, 1.54) is 18.2 Å². The van der Waals surface area contributed by atoms with E-state index in [9.17, 15) is 14.4 Å². The van der Waals surface area contributed by atoms with Crippen molar-refractivity contribution in [2.75, 3.05) is 16.0 Å². The molecule has 0 aromatic heterocycles. The maximum atomic E-state index is 11.6. The molecule has 0 fully saturated rings. The fourth-order valence-electron chi connectivity index (χ4n) is 2.69. The zero-order valence-corrected chi connectivity index (χ0v) is 25.6. The molecule has 0 saturated carbocycles. The number of rotatable bonds is 12. The molecule has 0 aliphatic carbocycles. The van der Waals surface area contributed by atoms with Crippen LogP contribution >= 0.6 is 25.6 Å². The predicted octanol–water partition coefficient (Wildman–Crippen LogP) is 6.72. The van der Waals surface area contributed by atoms with Gasteiger partial charge in [0, 0.05) is 0 Å². The van der Waals surface area contributed by atoms with Gasteiger partial charge in [0.25, 0.3) is 0 Å². The van der Waals surface area contributed by atoms with Gasteiger partial charge < -0.3 is 0 Å². The summed E-state index contributed by atoms with van der Waals surface area (Å²) in [5, 5.41) is 8.30. The van der Waals surface area contributed by atoms with Crippen LogP contribution in [0.3, 0.4) is 0 Å². The van der Waals surface area contributed by atoms with E-state index in [2.05, 4.69) is 35.7 Å². The van der Waals surface area contributed by atoms with Crippen LogP contribution in [0, 0.1) is 0 Å². The summed E-state index contributed by atoms with van der Waals surface area (Å²) in [6.07, 6.45) is 3.72. The van der Waals surface area contributed by atoms with E-state index >= 15 is 0 Å². The van der Waals surface area contributed by atoms with Gasteiger partial charge in [0.05, 0.1) is 0 Å². The Kier molecular flexibility index (Phi) is 11.5. The van der Waals surface area contributed by atoms with Crippen LogP contribution in [0.1, 0.15) is 0 Å². The van der Waals surface area contributed by atoms with Crippen molar-refractivity contribution in [2.45, 2.75) is 14.7 Å². The van der Waals surface area contributed by atoms with Gasteiger partial charge >= 0.3 is 233 Å². The van der Waals surface area contributed by atoms with Gasteiger partial charge in [-0.05, 0) is 0 Å². The molecule has 0 radical (unpaired) electrons. The number of hydrogen-bond acceptors (Lipinski definition) is 6. The van der Waals surface area contributed by atoms with Crippen LogP contribution in [0.5, 0.6) is 0 Å². The fraction of sp³-hybridized carbons (Fsp3) is 0. The summed E-state index contributed by atoms with van der Waals surface area (Å²) >= 11 is -2.40. The zero-order chi connectivity index (χ0) is 26.6. The second-order valence-corrected chi connectivity index (χ2v) is 32.9. The minimum atomic E-state index is -2.40. The van der Waals surface area contributed by atoms with Gasteiger partial charge in [0.15, 0.2) is 0 Å². The number of hydrogen-bond donors (Lipinski definition) is 3. The summed E-state index contributed by atoms with van der Waals surface area (Å²) in [7, 11) is 5.64. The monoisotopic (exact) mass is 743 g/mol. The number of benzene rings is 3. The Morgan fingerprint density at radius 3 is 0.973 bits per heavy atom. The van der Waals surface area contributed by atoms with E-state index in [-0.39, 0.29) is 17.7 Å². The molecule has 0 spiro atoms. The molecule has 0 aliphatic rings. The molecule has 0 bridgehead atoms. The molecule has 37 heavy (non-hydrogen) atoms. The van der Waals surface area contributed by atoms with E-state index in [0.717, 1.165) is 31.7 Å². The summed E-state index contributed by atoms with van der Waals surface area (Å²) in [4.78, 5) is 38.1. The molecule has 0 heterocycles. The summed E-state index contributed by atoms with van der Waals surface area (Å²) < 4.78 is 0. The van der Waals surface area contributed by atoms with Gasteiger partial charge in [-0.15, -0.1) is 0 Å². The van der Waals surface area contributed by atoms with Crippen LogP contribution < -0.4 is 16.0 Å². The van der Waals surface area contributed by atoms with Crippen LogP contribution in [0.4, 0.5) is 17.1 Å². The van der Waals surface area contributed by atoms with Crippen molar-refractivity contribution in [3.63, 3.8) is 0 Å². The standard InChI is InChI=1S/3C9H9NOS.Bi/c3*1-2-9(11)10-7-3-5-8(12)6-4-7;/h3*2-6,12H,1H2,(H,10,11);/q;;;+3/p-3. The van der Waals surface area contributed by atoms with Gasteiger partial charge in [0.2, 0.25) is 0 Å². The zero-order valence-electron chi connectivity index (χ0n) is 19.7. The summed E-state index contributed by atoms with van der Waals surface area (Å²) in [5.41, 5.74) is 2.15. The van der Waals surface area contributed by atoms with Crippen molar-refractivity contribution in [1.29, 1.82) is 0 Å². The van der Waals surface area contributed by atoms with E-state index in [0.29, 0.717) is 0 Å². The first kappa shape index (κ1) is 28.8. The average Bonchev–Trinajstić information content (AvgIpc) is 2.91. The second kappa shape index (κ2) is 14.8. The number of amides is 3. The molecule has 3 N–H and O–H groups in total. The first-order valence-corrected chi connectivity index (χ1v) is 25.9. The molecule has 0 atom stereocenters. The van der Waals surface area contributed by atoms with Crippen molar-refractivity contribution in [1.82, 2.24) is 0 Å². The molecule has 3 aromatic rings. The van der Waals surface area contributed by atoms with Crippen molar-refractivity contribution in [2.24, 2.45) is 0 Å². The van der Waals surface area contributed by atoms with E-state index < -0.39 is 17.4 Å². The van der Waals surface area contributed by atoms with Crippen molar-refractivity contribution >= 4 is 77.7 Å². The van der Waals surface area contributed by atoms with E-state index in [4.69, 9.17) is 0 Å². The molecule has 6 nitrogen and oxygen atoms in total. The van der Waals surface area contributed by atoms with Gasteiger partial charge in [-0.3, -0.25) is 0 Å².